The molecule has 1 unspecified atom stereocenters. The fourth-order valence-electron chi connectivity index (χ4n) is 2.82. The number of amides is 2. The van der Waals surface area contributed by atoms with Gasteiger partial charge in [0, 0.05) is 19.9 Å². The Kier molecular flexibility index (Phi) is 7.21. The molecule has 5 nitrogen and oxygen atoms in total. The second-order valence-electron chi connectivity index (χ2n) is 6.03. The largest absolute Gasteiger partial charge is 0.492 e. The van der Waals surface area contributed by atoms with Crippen LogP contribution in [0.4, 0.5) is 5.69 Å². The quantitative estimate of drug-likeness (QED) is 0.779. The molecular weight excluding hydrogens is 328 g/mol. The van der Waals surface area contributed by atoms with Gasteiger partial charge >= 0.3 is 0 Å². The third kappa shape index (κ3) is 5.34. The van der Waals surface area contributed by atoms with Crippen molar-refractivity contribution in [1.29, 1.82) is 0 Å². The molecule has 0 aliphatic rings. The van der Waals surface area contributed by atoms with Crippen LogP contribution in [-0.2, 0) is 9.59 Å². The first kappa shape index (κ1) is 19.5. The van der Waals surface area contributed by atoms with E-state index in [1.54, 1.807) is 11.0 Å². The molecule has 26 heavy (non-hydrogen) atoms. The molecular formula is C21H26N2O3. The number of carbonyl (C=O) groups excluding carboxylic acids is 2. The van der Waals surface area contributed by atoms with Gasteiger partial charge in [-0.05, 0) is 31.5 Å². The van der Waals surface area contributed by atoms with Gasteiger partial charge in [-0.15, -0.1) is 0 Å². The Morgan fingerprint density at radius 3 is 2.38 bits per heavy atom. The van der Waals surface area contributed by atoms with Crippen molar-refractivity contribution in [2.24, 2.45) is 0 Å². The van der Waals surface area contributed by atoms with Crippen molar-refractivity contribution in [3.8, 4) is 5.75 Å². The molecule has 138 valence electrons. The summed E-state index contributed by atoms with van der Waals surface area (Å²) < 4.78 is 5.52. The van der Waals surface area contributed by atoms with E-state index in [2.05, 4.69) is 5.32 Å². The summed E-state index contributed by atoms with van der Waals surface area (Å²) in [5.74, 6) is 0.442. The molecule has 2 aromatic rings. The maximum absolute atomic E-state index is 12.4. The van der Waals surface area contributed by atoms with Crippen molar-refractivity contribution in [2.75, 3.05) is 18.5 Å². The van der Waals surface area contributed by atoms with Crippen LogP contribution in [0.5, 0.6) is 5.75 Å². The van der Waals surface area contributed by atoms with Crippen molar-refractivity contribution in [3.05, 3.63) is 60.2 Å². The van der Waals surface area contributed by atoms with Crippen molar-refractivity contribution in [3.63, 3.8) is 0 Å². The normalized spacial score (nSPS) is 11.5. The standard InChI is InChI=1S/C21H26N2O3/c1-4-26-20-13-9-8-12-19(20)22-21(25)14-15-23(17(3)24)16(2)18-10-6-5-7-11-18/h5-13,16H,4,14-15H2,1-3H3,(H,22,25). The van der Waals surface area contributed by atoms with Gasteiger partial charge in [-0.25, -0.2) is 0 Å². The second-order valence-corrected chi connectivity index (χ2v) is 6.03. The first-order chi connectivity index (χ1) is 12.5. The van der Waals surface area contributed by atoms with Crippen LogP contribution in [0.2, 0.25) is 0 Å². The molecule has 0 bridgehead atoms. The number of nitrogens with one attached hydrogen (secondary N) is 1. The Hall–Kier alpha value is -2.82. The highest BCUT2D eigenvalue weighted by Crippen LogP contribution is 2.24. The molecule has 0 heterocycles. The summed E-state index contributed by atoms with van der Waals surface area (Å²) in [5.41, 5.74) is 1.69. The fraction of sp³-hybridized carbons (Fsp3) is 0.333. The topological polar surface area (TPSA) is 58.6 Å². The Bertz CT molecular complexity index is 731. The van der Waals surface area contributed by atoms with Gasteiger partial charge in [0.2, 0.25) is 11.8 Å². The monoisotopic (exact) mass is 354 g/mol. The van der Waals surface area contributed by atoms with E-state index < -0.39 is 0 Å². The number of hydrogen-bond acceptors (Lipinski definition) is 3. The minimum absolute atomic E-state index is 0.0520. The van der Waals surface area contributed by atoms with Gasteiger partial charge in [0.1, 0.15) is 5.75 Å². The lowest BCUT2D eigenvalue weighted by Gasteiger charge is -2.28. The van der Waals surface area contributed by atoms with Crippen LogP contribution in [0.3, 0.4) is 0 Å². The number of para-hydroxylation sites is 2. The van der Waals surface area contributed by atoms with Gasteiger partial charge in [0.05, 0.1) is 18.3 Å². The first-order valence-electron chi connectivity index (χ1n) is 8.86. The summed E-state index contributed by atoms with van der Waals surface area (Å²) in [5, 5.41) is 2.87. The van der Waals surface area contributed by atoms with Crippen LogP contribution in [0, 0.1) is 0 Å². The van der Waals surface area contributed by atoms with Gasteiger partial charge in [-0.2, -0.15) is 0 Å². The predicted molar refractivity (Wildman–Crippen MR) is 103 cm³/mol. The van der Waals surface area contributed by atoms with E-state index in [0.717, 1.165) is 5.56 Å². The van der Waals surface area contributed by atoms with Gasteiger partial charge in [-0.1, -0.05) is 42.5 Å². The molecule has 0 aromatic heterocycles. The van der Waals surface area contributed by atoms with E-state index in [0.29, 0.717) is 24.6 Å². The smallest absolute Gasteiger partial charge is 0.226 e. The molecule has 0 fully saturated rings. The van der Waals surface area contributed by atoms with Crippen molar-refractivity contribution in [2.45, 2.75) is 33.2 Å². The van der Waals surface area contributed by atoms with Crippen LogP contribution >= 0.6 is 0 Å². The summed E-state index contributed by atoms with van der Waals surface area (Å²) in [6, 6.07) is 17.0. The first-order valence-corrected chi connectivity index (χ1v) is 8.86. The highest BCUT2D eigenvalue weighted by atomic mass is 16.5. The van der Waals surface area contributed by atoms with Gasteiger partial charge in [0.15, 0.2) is 0 Å². The number of hydrogen-bond donors (Lipinski definition) is 1. The third-order valence-electron chi connectivity index (χ3n) is 4.19. The predicted octanol–water partition coefficient (Wildman–Crippen LogP) is 4.02. The molecule has 0 saturated carbocycles. The number of carbonyl (C=O) groups is 2. The van der Waals surface area contributed by atoms with E-state index in [4.69, 9.17) is 4.74 Å². The number of benzene rings is 2. The summed E-state index contributed by atoms with van der Waals surface area (Å²) in [6.07, 6.45) is 0.219. The zero-order chi connectivity index (χ0) is 18.9. The van der Waals surface area contributed by atoms with Gasteiger partial charge in [0.25, 0.3) is 0 Å². The molecule has 2 amide bonds. The molecule has 0 radical (unpaired) electrons. The lowest BCUT2D eigenvalue weighted by molar-refractivity contribution is -0.131. The van der Waals surface area contributed by atoms with Crippen LogP contribution in [-0.4, -0.2) is 29.9 Å². The van der Waals surface area contributed by atoms with E-state index in [9.17, 15) is 9.59 Å². The van der Waals surface area contributed by atoms with Gasteiger partial charge < -0.3 is 15.0 Å². The minimum atomic E-state index is -0.149. The average molecular weight is 354 g/mol. The molecule has 2 aromatic carbocycles. The highest BCUT2D eigenvalue weighted by Gasteiger charge is 2.19. The number of nitrogens with zero attached hydrogens (tertiary/aromatic N) is 1. The zero-order valence-corrected chi connectivity index (χ0v) is 15.6. The summed E-state index contributed by atoms with van der Waals surface area (Å²) in [6.45, 7) is 6.28. The van der Waals surface area contributed by atoms with E-state index in [-0.39, 0.29) is 24.3 Å². The summed E-state index contributed by atoms with van der Waals surface area (Å²) in [4.78, 5) is 26.1. The maximum Gasteiger partial charge on any atom is 0.226 e. The molecule has 5 heteroatoms. The minimum Gasteiger partial charge on any atom is -0.492 e. The lowest BCUT2D eigenvalue weighted by Crippen LogP contribution is -2.34. The molecule has 0 aliphatic carbocycles. The Morgan fingerprint density at radius 2 is 1.73 bits per heavy atom. The number of anilines is 1. The molecule has 0 saturated heterocycles. The van der Waals surface area contributed by atoms with Crippen molar-refractivity contribution < 1.29 is 14.3 Å². The molecule has 2 rings (SSSR count). The van der Waals surface area contributed by atoms with Crippen LogP contribution in [0.25, 0.3) is 0 Å². The average Bonchev–Trinajstić information content (AvgIpc) is 2.64. The van der Waals surface area contributed by atoms with Crippen LogP contribution < -0.4 is 10.1 Å². The fourth-order valence-corrected chi connectivity index (χ4v) is 2.82. The third-order valence-corrected chi connectivity index (χ3v) is 4.19. The Morgan fingerprint density at radius 1 is 1.08 bits per heavy atom. The Balaban J connectivity index is 1.99. The Labute approximate surface area is 155 Å². The van der Waals surface area contributed by atoms with E-state index in [1.165, 1.54) is 6.92 Å². The summed E-state index contributed by atoms with van der Waals surface area (Å²) in [7, 11) is 0. The van der Waals surface area contributed by atoms with Crippen molar-refractivity contribution >= 4 is 17.5 Å². The number of rotatable bonds is 8. The molecule has 0 aliphatic heterocycles. The van der Waals surface area contributed by atoms with E-state index in [1.807, 2.05) is 62.4 Å². The van der Waals surface area contributed by atoms with Gasteiger partial charge in [-0.3, -0.25) is 9.59 Å². The van der Waals surface area contributed by atoms with Crippen molar-refractivity contribution in [1.82, 2.24) is 4.90 Å². The molecule has 1 atom stereocenters. The maximum atomic E-state index is 12.4. The lowest BCUT2D eigenvalue weighted by atomic mass is 10.1. The van der Waals surface area contributed by atoms with Crippen LogP contribution in [0.15, 0.2) is 54.6 Å². The SMILES string of the molecule is CCOc1ccccc1NC(=O)CCN(C(C)=O)C(C)c1ccccc1. The second kappa shape index (κ2) is 9.61. The zero-order valence-electron chi connectivity index (χ0n) is 15.6. The van der Waals surface area contributed by atoms with Crippen LogP contribution in [0.1, 0.15) is 38.8 Å². The van der Waals surface area contributed by atoms with E-state index >= 15 is 0 Å². The highest BCUT2D eigenvalue weighted by molar-refractivity contribution is 5.92. The summed E-state index contributed by atoms with van der Waals surface area (Å²) >= 11 is 0. The number of ether oxygens (including phenoxy) is 1. The molecule has 0 spiro atoms. The molecule has 1 N–H and O–H groups in total.